The quantitative estimate of drug-likeness (QED) is 0.249. The fraction of sp³-hybridized carbons (Fsp3) is 0.214. The number of rotatable bonds is 10. The van der Waals surface area contributed by atoms with Crippen LogP contribution in [-0.4, -0.2) is 35.8 Å². The van der Waals surface area contributed by atoms with E-state index in [2.05, 4.69) is 15.9 Å². The summed E-state index contributed by atoms with van der Waals surface area (Å²) in [6.45, 7) is 5.16. The smallest absolute Gasteiger partial charge is 0.293 e. The van der Waals surface area contributed by atoms with E-state index in [0.29, 0.717) is 35.4 Å². The maximum absolute atomic E-state index is 12.9. The van der Waals surface area contributed by atoms with Crippen LogP contribution in [0.1, 0.15) is 23.6 Å². The molecule has 0 saturated carbocycles. The van der Waals surface area contributed by atoms with Crippen LogP contribution in [0.4, 0.5) is 4.79 Å². The Morgan fingerprint density at radius 1 is 0.944 bits per heavy atom. The van der Waals surface area contributed by atoms with E-state index in [9.17, 15) is 9.59 Å². The number of amides is 2. The second-order valence-corrected chi connectivity index (χ2v) is 9.96. The molecule has 0 aromatic heterocycles. The van der Waals surface area contributed by atoms with Crippen LogP contribution in [-0.2, 0) is 11.4 Å². The van der Waals surface area contributed by atoms with E-state index in [1.807, 2.05) is 80.6 Å². The van der Waals surface area contributed by atoms with Crippen LogP contribution in [0.5, 0.6) is 17.2 Å². The number of imide groups is 1. The fourth-order valence-corrected chi connectivity index (χ4v) is 4.68. The predicted molar refractivity (Wildman–Crippen MR) is 145 cm³/mol. The number of carbonyl (C=O) groups excluding carboxylic acids is 2. The van der Waals surface area contributed by atoms with Gasteiger partial charge in [-0.3, -0.25) is 14.5 Å². The summed E-state index contributed by atoms with van der Waals surface area (Å²) in [6, 6.07) is 21.0. The third-order valence-electron chi connectivity index (χ3n) is 5.32. The van der Waals surface area contributed by atoms with Crippen molar-refractivity contribution < 1.29 is 23.8 Å². The molecule has 0 radical (unpaired) electrons. The van der Waals surface area contributed by atoms with Gasteiger partial charge >= 0.3 is 0 Å². The van der Waals surface area contributed by atoms with Crippen LogP contribution < -0.4 is 14.2 Å². The van der Waals surface area contributed by atoms with E-state index < -0.39 is 0 Å². The van der Waals surface area contributed by atoms with E-state index in [-0.39, 0.29) is 24.3 Å². The molecular formula is C28H26BrNO5S. The molecule has 1 fully saturated rings. The molecule has 0 aliphatic carbocycles. The molecule has 1 aliphatic rings. The van der Waals surface area contributed by atoms with Crippen LogP contribution in [0.2, 0.25) is 0 Å². The van der Waals surface area contributed by atoms with E-state index in [4.69, 9.17) is 14.2 Å². The van der Waals surface area contributed by atoms with Crippen molar-refractivity contribution in [3.63, 3.8) is 0 Å². The Morgan fingerprint density at radius 2 is 1.75 bits per heavy atom. The van der Waals surface area contributed by atoms with E-state index in [0.717, 1.165) is 32.9 Å². The van der Waals surface area contributed by atoms with Gasteiger partial charge in [-0.1, -0.05) is 46.3 Å². The van der Waals surface area contributed by atoms with Gasteiger partial charge in [-0.2, -0.15) is 0 Å². The number of nitrogens with zero attached hydrogens (tertiary/aromatic N) is 1. The molecule has 0 N–H and O–H groups in total. The van der Waals surface area contributed by atoms with Crippen LogP contribution >= 0.6 is 27.7 Å². The molecule has 1 aliphatic heterocycles. The first-order chi connectivity index (χ1) is 17.4. The van der Waals surface area contributed by atoms with Crippen molar-refractivity contribution in [1.82, 2.24) is 4.90 Å². The Hall–Kier alpha value is -3.23. The fourth-order valence-electron chi connectivity index (χ4n) is 3.55. The summed E-state index contributed by atoms with van der Waals surface area (Å²) in [5.41, 5.74) is 2.86. The SMILES string of the molecule is CCOc1cc(/C=C2\SC(=O)N(CCOc3cccc(C)c3)C2=O)ccc1OCc1ccc(Br)cc1. The number of hydrogen-bond acceptors (Lipinski definition) is 6. The van der Waals surface area contributed by atoms with Crippen molar-refractivity contribution in [1.29, 1.82) is 0 Å². The highest BCUT2D eigenvalue weighted by molar-refractivity contribution is 9.10. The third kappa shape index (κ3) is 6.71. The minimum absolute atomic E-state index is 0.184. The van der Waals surface area contributed by atoms with E-state index in [1.165, 1.54) is 4.90 Å². The van der Waals surface area contributed by atoms with E-state index in [1.54, 1.807) is 6.08 Å². The summed E-state index contributed by atoms with van der Waals surface area (Å²) in [7, 11) is 0. The maximum atomic E-state index is 12.9. The van der Waals surface area contributed by atoms with Gasteiger partial charge in [-0.05, 0) is 84.8 Å². The highest BCUT2D eigenvalue weighted by Crippen LogP contribution is 2.35. The minimum Gasteiger partial charge on any atom is -0.492 e. The number of halogens is 1. The van der Waals surface area contributed by atoms with E-state index >= 15 is 0 Å². The van der Waals surface area contributed by atoms with Crippen molar-refractivity contribution in [2.45, 2.75) is 20.5 Å². The molecule has 0 atom stereocenters. The van der Waals surface area contributed by atoms with Gasteiger partial charge in [0, 0.05) is 4.47 Å². The lowest BCUT2D eigenvalue weighted by Crippen LogP contribution is -2.32. The molecule has 3 aromatic carbocycles. The zero-order valence-corrected chi connectivity index (χ0v) is 22.4. The van der Waals surface area contributed by atoms with Crippen LogP contribution in [0, 0.1) is 6.92 Å². The first-order valence-corrected chi connectivity index (χ1v) is 13.1. The largest absolute Gasteiger partial charge is 0.492 e. The van der Waals surface area contributed by atoms with Crippen LogP contribution in [0.25, 0.3) is 6.08 Å². The molecule has 3 aromatic rings. The molecule has 0 unspecified atom stereocenters. The molecule has 6 nitrogen and oxygen atoms in total. The van der Waals surface area contributed by atoms with Gasteiger partial charge in [0.05, 0.1) is 18.1 Å². The lowest BCUT2D eigenvalue weighted by Gasteiger charge is -2.14. The first kappa shape index (κ1) is 25.9. The molecule has 8 heteroatoms. The van der Waals surface area contributed by atoms with Crippen LogP contribution in [0.3, 0.4) is 0 Å². The second-order valence-electron chi connectivity index (χ2n) is 8.05. The third-order valence-corrected chi connectivity index (χ3v) is 6.76. The number of ether oxygens (including phenoxy) is 3. The Bertz CT molecular complexity index is 1280. The number of hydrogen-bond donors (Lipinski definition) is 0. The van der Waals surface area contributed by atoms with Gasteiger partial charge < -0.3 is 14.2 Å². The van der Waals surface area contributed by atoms with Crippen molar-refractivity contribution in [3.05, 3.63) is 92.8 Å². The summed E-state index contributed by atoms with van der Waals surface area (Å²) in [5, 5.41) is -0.307. The molecule has 1 heterocycles. The summed E-state index contributed by atoms with van der Waals surface area (Å²) >= 11 is 4.36. The van der Waals surface area contributed by atoms with Gasteiger partial charge in [0.1, 0.15) is 19.0 Å². The standard InChI is InChI=1S/C28H26BrNO5S/c1-3-33-25-16-21(9-12-24(25)35-18-20-7-10-22(29)11-8-20)17-26-27(31)30(28(32)36-26)13-14-34-23-6-4-5-19(2)15-23/h4-12,15-17H,3,13-14,18H2,1-2H3/b26-17-. The molecule has 36 heavy (non-hydrogen) atoms. The zero-order valence-electron chi connectivity index (χ0n) is 20.0. The van der Waals surface area contributed by atoms with Gasteiger partial charge in [-0.25, -0.2) is 0 Å². The summed E-state index contributed by atoms with van der Waals surface area (Å²) < 4.78 is 18.5. The summed E-state index contributed by atoms with van der Waals surface area (Å²) in [4.78, 5) is 26.9. The van der Waals surface area contributed by atoms with Crippen molar-refractivity contribution in [3.8, 4) is 17.2 Å². The lowest BCUT2D eigenvalue weighted by atomic mass is 10.1. The molecule has 186 valence electrons. The Morgan fingerprint density at radius 3 is 2.50 bits per heavy atom. The maximum Gasteiger partial charge on any atom is 0.293 e. The summed E-state index contributed by atoms with van der Waals surface area (Å²) in [5.74, 6) is 1.57. The highest BCUT2D eigenvalue weighted by Gasteiger charge is 2.34. The van der Waals surface area contributed by atoms with Gasteiger partial charge in [0.15, 0.2) is 11.5 Å². The van der Waals surface area contributed by atoms with Crippen molar-refractivity contribution in [2.75, 3.05) is 19.8 Å². The normalized spacial score (nSPS) is 14.4. The van der Waals surface area contributed by atoms with Crippen LogP contribution in [0.15, 0.2) is 76.1 Å². The number of carbonyl (C=O) groups is 2. The molecule has 1 saturated heterocycles. The number of benzene rings is 3. The lowest BCUT2D eigenvalue weighted by molar-refractivity contribution is -0.123. The van der Waals surface area contributed by atoms with Gasteiger partial charge in [-0.15, -0.1) is 0 Å². The van der Waals surface area contributed by atoms with Crippen molar-refractivity contribution in [2.24, 2.45) is 0 Å². The molecule has 2 amide bonds. The topological polar surface area (TPSA) is 65.1 Å². The Kier molecular flexibility index (Phi) is 8.72. The molecule has 0 bridgehead atoms. The molecule has 0 spiro atoms. The highest BCUT2D eigenvalue weighted by atomic mass is 79.9. The number of aryl methyl sites for hydroxylation is 1. The zero-order chi connectivity index (χ0) is 25.5. The average molecular weight is 568 g/mol. The first-order valence-electron chi connectivity index (χ1n) is 11.5. The average Bonchev–Trinajstić information content (AvgIpc) is 3.12. The Balaban J connectivity index is 1.41. The monoisotopic (exact) mass is 567 g/mol. The molecule has 4 rings (SSSR count). The minimum atomic E-state index is -0.327. The molecular weight excluding hydrogens is 542 g/mol. The predicted octanol–water partition coefficient (Wildman–Crippen LogP) is 6.85. The number of thioether (sulfide) groups is 1. The van der Waals surface area contributed by atoms with Gasteiger partial charge in [0.25, 0.3) is 11.1 Å². The second kappa shape index (κ2) is 12.1. The van der Waals surface area contributed by atoms with Gasteiger partial charge in [0.2, 0.25) is 0 Å². The Labute approximate surface area is 223 Å². The van der Waals surface area contributed by atoms with Crippen molar-refractivity contribution >= 4 is 44.9 Å². The summed E-state index contributed by atoms with van der Waals surface area (Å²) in [6.07, 6.45) is 1.70.